The zero-order valence-electron chi connectivity index (χ0n) is 23.3. The van der Waals surface area contributed by atoms with E-state index in [2.05, 4.69) is 16.0 Å². The number of fused-ring (bicyclic) bond motifs is 1. The Morgan fingerprint density at radius 3 is 2.53 bits per heavy atom. The number of amides is 5. The van der Waals surface area contributed by atoms with Gasteiger partial charge in [0.1, 0.15) is 12.1 Å². The summed E-state index contributed by atoms with van der Waals surface area (Å²) in [6.45, 7) is 1.35. The molecule has 2 saturated heterocycles. The first kappa shape index (κ1) is 32.2. The molecule has 1 aromatic heterocycles. The van der Waals surface area contributed by atoms with Gasteiger partial charge in [-0.15, -0.1) is 11.3 Å². The van der Waals surface area contributed by atoms with Gasteiger partial charge in [0.15, 0.2) is 12.4 Å². The second kappa shape index (κ2) is 14.7. The minimum Gasteiger partial charge on any atom is -0.454 e. The number of Topliss-reactive ketones (excluding diaryl/α,β-unsaturated/α-hetero) is 1. The quantitative estimate of drug-likeness (QED) is 0.334. The molecule has 0 saturated carbocycles. The minimum atomic E-state index is -1.09. The lowest BCUT2D eigenvalue weighted by Crippen LogP contribution is -2.64. The molecule has 4 rings (SSSR count). The number of halogens is 2. The van der Waals surface area contributed by atoms with Crippen molar-refractivity contribution in [3.8, 4) is 0 Å². The molecule has 0 bridgehead atoms. The van der Waals surface area contributed by atoms with Crippen LogP contribution in [0.1, 0.15) is 47.8 Å². The van der Waals surface area contributed by atoms with Crippen LogP contribution in [0.2, 0.25) is 10.0 Å². The van der Waals surface area contributed by atoms with Crippen molar-refractivity contribution >= 4 is 70.0 Å². The minimum absolute atomic E-state index is 0.00637. The number of benzene rings is 1. The Kier molecular flexibility index (Phi) is 11.0. The van der Waals surface area contributed by atoms with E-state index in [4.69, 9.17) is 27.9 Å². The molecule has 2 aliphatic rings. The third-order valence-corrected chi connectivity index (χ3v) is 8.63. The van der Waals surface area contributed by atoms with E-state index < -0.39 is 54.3 Å². The van der Waals surface area contributed by atoms with E-state index in [1.165, 1.54) is 24.1 Å². The van der Waals surface area contributed by atoms with Gasteiger partial charge in [0.2, 0.25) is 11.8 Å². The molecule has 3 N–H and O–H groups in total. The topological polar surface area (TPSA) is 154 Å². The number of esters is 1. The van der Waals surface area contributed by atoms with Crippen LogP contribution in [0.25, 0.3) is 0 Å². The van der Waals surface area contributed by atoms with Crippen molar-refractivity contribution in [3.05, 3.63) is 56.2 Å². The second-order valence-electron chi connectivity index (χ2n) is 10.0. The molecule has 0 aliphatic carbocycles. The number of ketones is 1. The largest absolute Gasteiger partial charge is 0.454 e. The van der Waals surface area contributed by atoms with Gasteiger partial charge in [0.05, 0.1) is 21.7 Å². The number of carbonyl (C=O) groups excluding carboxylic acids is 6. The van der Waals surface area contributed by atoms with Crippen LogP contribution in [-0.2, 0) is 30.3 Å². The van der Waals surface area contributed by atoms with Crippen LogP contribution in [0.15, 0.2) is 35.7 Å². The number of nitrogens with zero attached hydrogens (tertiary/aromatic N) is 2. The van der Waals surface area contributed by atoms with Crippen LogP contribution >= 0.6 is 34.5 Å². The molecular weight excluding hydrogens is 621 g/mol. The highest BCUT2D eigenvalue weighted by atomic mass is 35.5. The summed E-state index contributed by atoms with van der Waals surface area (Å²) >= 11 is 13.6. The molecule has 3 heterocycles. The van der Waals surface area contributed by atoms with Crippen molar-refractivity contribution in [2.45, 2.75) is 57.2 Å². The highest BCUT2D eigenvalue weighted by Gasteiger charge is 2.45. The van der Waals surface area contributed by atoms with E-state index in [1.54, 1.807) is 17.4 Å². The molecule has 5 amide bonds. The molecule has 2 fully saturated rings. The van der Waals surface area contributed by atoms with Gasteiger partial charge < -0.3 is 20.7 Å². The Hall–Kier alpha value is -3.68. The summed E-state index contributed by atoms with van der Waals surface area (Å²) in [6.07, 6.45) is 1.41. The Bertz CT molecular complexity index is 1370. The number of hydrogen-bond acceptors (Lipinski definition) is 8. The van der Waals surface area contributed by atoms with Gasteiger partial charge in [0, 0.05) is 24.4 Å². The molecule has 43 heavy (non-hydrogen) atoms. The average molecular weight is 653 g/mol. The van der Waals surface area contributed by atoms with Crippen molar-refractivity contribution < 1.29 is 33.5 Å². The lowest BCUT2D eigenvalue weighted by Gasteiger charge is -2.43. The number of thiophene rings is 1. The molecule has 1 aromatic carbocycles. The Morgan fingerprint density at radius 2 is 1.84 bits per heavy atom. The lowest BCUT2D eigenvalue weighted by molar-refractivity contribution is -0.176. The molecule has 15 heteroatoms. The summed E-state index contributed by atoms with van der Waals surface area (Å²) < 4.78 is 5.06. The number of hydrazine groups is 1. The van der Waals surface area contributed by atoms with Gasteiger partial charge in [-0.1, -0.05) is 35.3 Å². The normalized spacial score (nSPS) is 19.1. The number of hydrogen-bond donors (Lipinski definition) is 3. The number of nitrogens with one attached hydrogen (secondary N) is 3. The molecule has 2 aromatic rings. The average Bonchev–Trinajstić information content (AvgIpc) is 3.46. The Morgan fingerprint density at radius 1 is 1.09 bits per heavy atom. The fraction of sp³-hybridized carbons (Fsp3) is 0.429. The van der Waals surface area contributed by atoms with Crippen molar-refractivity contribution in [2.24, 2.45) is 0 Å². The van der Waals surface area contributed by atoms with E-state index in [1.807, 2.05) is 17.5 Å². The number of urea groups is 1. The van der Waals surface area contributed by atoms with E-state index in [0.29, 0.717) is 19.4 Å². The van der Waals surface area contributed by atoms with E-state index in [0.717, 1.165) is 9.89 Å². The monoisotopic (exact) mass is 651 g/mol. The summed E-state index contributed by atoms with van der Waals surface area (Å²) in [4.78, 5) is 78.6. The molecule has 2 aliphatic heterocycles. The molecule has 12 nitrogen and oxygen atoms in total. The predicted molar refractivity (Wildman–Crippen MR) is 159 cm³/mol. The van der Waals surface area contributed by atoms with Crippen LogP contribution in [-0.4, -0.2) is 83.3 Å². The molecule has 230 valence electrons. The highest BCUT2D eigenvalue weighted by molar-refractivity contribution is 7.09. The third-order valence-electron chi connectivity index (χ3n) is 7.06. The Balaban J connectivity index is 1.35. The van der Waals surface area contributed by atoms with Gasteiger partial charge >= 0.3 is 12.0 Å². The van der Waals surface area contributed by atoms with Gasteiger partial charge in [-0.25, -0.2) is 14.6 Å². The zero-order valence-corrected chi connectivity index (χ0v) is 25.6. The van der Waals surface area contributed by atoms with E-state index in [9.17, 15) is 28.8 Å². The summed E-state index contributed by atoms with van der Waals surface area (Å²) in [5, 5.41) is 12.3. The van der Waals surface area contributed by atoms with E-state index >= 15 is 0 Å². The fourth-order valence-electron chi connectivity index (χ4n) is 4.79. The first-order chi connectivity index (χ1) is 20.6. The first-order valence-electron chi connectivity index (χ1n) is 13.7. The van der Waals surface area contributed by atoms with Gasteiger partial charge in [-0.05, 0) is 56.2 Å². The molecule has 3 atom stereocenters. The second-order valence-corrected chi connectivity index (χ2v) is 11.9. The maximum absolute atomic E-state index is 13.6. The molecule has 0 spiro atoms. The van der Waals surface area contributed by atoms with Crippen molar-refractivity contribution in [3.63, 3.8) is 0 Å². The molecular formula is C28H31Cl2N5O7S. The van der Waals surface area contributed by atoms with E-state index in [-0.39, 0.29) is 47.3 Å². The lowest BCUT2D eigenvalue weighted by atomic mass is 10.0. The number of rotatable bonds is 10. The maximum Gasteiger partial charge on any atom is 0.341 e. The summed E-state index contributed by atoms with van der Waals surface area (Å²) in [7, 11) is 0. The fourth-order valence-corrected chi connectivity index (χ4v) is 6.05. The van der Waals surface area contributed by atoms with Crippen molar-refractivity contribution in [1.29, 1.82) is 0 Å². The first-order valence-corrected chi connectivity index (χ1v) is 15.3. The predicted octanol–water partition coefficient (Wildman–Crippen LogP) is 2.72. The maximum atomic E-state index is 13.6. The van der Waals surface area contributed by atoms with Crippen LogP contribution in [0, 0.1) is 0 Å². The van der Waals surface area contributed by atoms with Gasteiger partial charge in [0.25, 0.3) is 5.91 Å². The van der Waals surface area contributed by atoms with Gasteiger partial charge in [-0.2, -0.15) is 0 Å². The third kappa shape index (κ3) is 8.03. The van der Waals surface area contributed by atoms with Gasteiger partial charge in [-0.3, -0.25) is 24.2 Å². The molecule has 0 unspecified atom stereocenters. The van der Waals surface area contributed by atoms with Crippen LogP contribution < -0.4 is 16.0 Å². The molecule has 0 radical (unpaired) electrons. The Labute approximate surface area is 262 Å². The van der Waals surface area contributed by atoms with Crippen LogP contribution in [0.4, 0.5) is 4.79 Å². The van der Waals surface area contributed by atoms with Crippen LogP contribution in [0.5, 0.6) is 0 Å². The number of ether oxygens (including phenoxy) is 1. The SMILES string of the molecule is C[C@H](NC(=O)[C@@H]1CCCN2C(=O)CC[C@H](NC(=O)NCCc3cccs3)C(=O)N12)C(=O)COC(=O)c1c(Cl)cccc1Cl. The standard InChI is InChI=1S/C28H31Cl2N5O7S/c1-16(22(36)15-42-27(40)24-18(29)6-2-7-19(24)30)32-25(38)21-8-3-13-34-23(37)10-9-20(26(39)35(21)34)33-28(41)31-12-11-17-5-4-14-43-17/h2,4-7,14,16,20-21H,3,8-13,15H2,1H3,(H,32,38)(H2,31,33,41)/t16-,20-,21-/m0/s1. The summed E-state index contributed by atoms with van der Waals surface area (Å²) in [6, 6.07) is 4.58. The smallest absolute Gasteiger partial charge is 0.341 e. The summed E-state index contributed by atoms with van der Waals surface area (Å²) in [5.74, 6) is -3.11. The highest BCUT2D eigenvalue weighted by Crippen LogP contribution is 2.26. The number of carbonyl (C=O) groups is 6. The van der Waals surface area contributed by atoms with Crippen molar-refractivity contribution in [1.82, 2.24) is 26.0 Å². The van der Waals surface area contributed by atoms with Crippen LogP contribution in [0.3, 0.4) is 0 Å². The zero-order chi connectivity index (χ0) is 31.1. The van der Waals surface area contributed by atoms with Crippen molar-refractivity contribution in [2.75, 3.05) is 19.7 Å². The summed E-state index contributed by atoms with van der Waals surface area (Å²) in [5.41, 5.74) is -0.0821.